The molecule has 2 aromatic rings. The summed E-state index contributed by atoms with van der Waals surface area (Å²) in [6, 6.07) is 6.90. The van der Waals surface area contributed by atoms with E-state index in [1.165, 1.54) is 27.6 Å². The number of hydrogen-bond acceptors (Lipinski definition) is 6. The summed E-state index contributed by atoms with van der Waals surface area (Å²) >= 11 is 1.77. The fourth-order valence-electron chi connectivity index (χ4n) is 4.49. The molecule has 1 aliphatic heterocycles. The SMILES string of the molecule is C/C(=C/C(=N)CC(=O)O)NCC(=O)N1CCC(c2cnc(-c3cc(C(C)(C)C)cc(C(C)(C)C)c3)s2)CC1. The van der Waals surface area contributed by atoms with Crippen LogP contribution in [-0.2, 0) is 20.4 Å². The Hall–Kier alpha value is -3.00. The summed E-state index contributed by atoms with van der Waals surface area (Å²) in [5.74, 6) is -0.636. The van der Waals surface area contributed by atoms with Gasteiger partial charge in [0, 0.05) is 41.1 Å². The lowest BCUT2D eigenvalue weighted by atomic mass is 9.79. The number of amides is 1. The van der Waals surface area contributed by atoms with Gasteiger partial charge in [-0.2, -0.15) is 0 Å². The van der Waals surface area contributed by atoms with Gasteiger partial charge in [0.1, 0.15) is 5.01 Å². The van der Waals surface area contributed by atoms with E-state index in [9.17, 15) is 9.59 Å². The van der Waals surface area contributed by atoms with Crippen molar-refractivity contribution in [1.29, 1.82) is 5.41 Å². The molecule has 1 amide bonds. The minimum atomic E-state index is -1.04. The highest BCUT2D eigenvalue weighted by atomic mass is 32.1. The van der Waals surface area contributed by atoms with Crippen LogP contribution in [0.2, 0.25) is 0 Å². The van der Waals surface area contributed by atoms with Gasteiger partial charge in [0.05, 0.1) is 13.0 Å². The van der Waals surface area contributed by atoms with Gasteiger partial charge in [-0.15, -0.1) is 11.3 Å². The number of carbonyl (C=O) groups excluding carboxylic acids is 1. The molecule has 1 saturated heterocycles. The number of aromatic nitrogens is 1. The van der Waals surface area contributed by atoms with Gasteiger partial charge in [0.15, 0.2) is 0 Å². The highest BCUT2D eigenvalue weighted by Gasteiger charge is 2.26. The Morgan fingerprint density at radius 2 is 1.68 bits per heavy atom. The van der Waals surface area contributed by atoms with Gasteiger partial charge in [0.25, 0.3) is 0 Å². The number of allylic oxidation sites excluding steroid dienone is 2. The molecule has 7 nitrogen and oxygen atoms in total. The standard InChI is InChI=1S/C30H42N4O3S/c1-19(12-24(31)16-27(36)37)32-18-26(35)34-10-8-20(9-11-34)25-17-33-28(38-25)21-13-22(29(2,3)4)15-23(14-21)30(5,6)7/h12-15,17,20,31-32H,8-11,16,18H2,1-7H3,(H,36,37)/b19-12-,31-24?. The average molecular weight is 539 g/mol. The number of carboxylic acid groups (broad SMARTS) is 1. The summed E-state index contributed by atoms with van der Waals surface area (Å²) in [6.45, 7) is 16.8. The minimum absolute atomic E-state index is 0.000507. The maximum atomic E-state index is 12.7. The first-order valence-electron chi connectivity index (χ1n) is 13.2. The van der Waals surface area contributed by atoms with E-state index in [-0.39, 0.29) is 35.4 Å². The number of piperidine rings is 1. The van der Waals surface area contributed by atoms with Crippen molar-refractivity contribution < 1.29 is 14.7 Å². The molecule has 0 spiro atoms. The van der Waals surface area contributed by atoms with Crippen molar-refractivity contribution in [3.63, 3.8) is 0 Å². The number of thiazole rings is 1. The number of aliphatic carboxylic acids is 1. The van der Waals surface area contributed by atoms with Crippen LogP contribution < -0.4 is 5.32 Å². The Bertz CT molecular complexity index is 1180. The minimum Gasteiger partial charge on any atom is -0.481 e. The number of likely N-dealkylation sites (tertiary alicyclic amines) is 1. The lowest BCUT2D eigenvalue weighted by Crippen LogP contribution is -2.42. The quantitative estimate of drug-likeness (QED) is 0.352. The summed E-state index contributed by atoms with van der Waals surface area (Å²) < 4.78 is 0. The monoisotopic (exact) mass is 538 g/mol. The van der Waals surface area contributed by atoms with Gasteiger partial charge in [-0.05, 0) is 65.8 Å². The third kappa shape index (κ3) is 8.00. The molecule has 0 bridgehead atoms. The molecular weight excluding hydrogens is 496 g/mol. The second kappa shape index (κ2) is 11.8. The zero-order chi connectivity index (χ0) is 28.3. The molecule has 2 heterocycles. The van der Waals surface area contributed by atoms with Crippen LogP contribution in [0.1, 0.15) is 89.7 Å². The average Bonchev–Trinajstić information content (AvgIpc) is 3.31. The van der Waals surface area contributed by atoms with Crippen molar-refractivity contribution in [1.82, 2.24) is 15.2 Å². The van der Waals surface area contributed by atoms with Gasteiger partial charge in [-0.3, -0.25) is 9.59 Å². The van der Waals surface area contributed by atoms with Crippen molar-refractivity contribution in [2.24, 2.45) is 0 Å². The third-order valence-electron chi connectivity index (χ3n) is 6.94. The van der Waals surface area contributed by atoms with Crippen LogP contribution in [0.3, 0.4) is 0 Å². The van der Waals surface area contributed by atoms with Gasteiger partial charge in [-0.1, -0.05) is 47.6 Å². The number of nitrogens with one attached hydrogen (secondary N) is 2. The Labute approximate surface area is 230 Å². The fraction of sp³-hybridized carbons (Fsp3) is 0.533. The van der Waals surface area contributed by atoms with Crippen LogP contribution >= 0.6 is 11.3 Å². The first kappa shape index (κ1) is 29.6. The zero-order valence-electron chi connectivity index (χ0n) is 23.8. The van der Waals surface area contributed by atoms with Gasteiger partial charge < -0.3 is 20.7 Å². The molecule has 1 aliphatic rings. The summed E-state index contributed by atoms with van der Waals surface area (Å²) in [6.07, 6.45) is 4.95. The molecule has 0 radical (unpaired) electrons. The lowest BCUT2D eigenvalue weighted by molar-refractivity contribution is -0.135. The van der Waals surface area contributed by atoms with Gasteiger partial charge in [0.2, 0.25) is 5.91 Å². The van der Waals surface area contributed by atoms with Crippen molar-refractivity contribution in [3.8, 4) is 10.6 Å². The number of nitrogens with zero attached hydrogens (tertiary/aromatic N) is 2. The van der Waals surface area contributed by atoms with E-state index < -0.39 is 5.97 Å². The van der Waals surface area contributed by atoms with Crippen LogP contribution in [-0.4, -0.2) is 52.2 Å². The van der Waals surface area contributed by atoms with Crippen LogP contribution in [0.15, 0.2) is 36.2 Å². The van der Waals surface area contributed by atoms with Crippen molar-refractivity contribution in [3.05, 3.63) is 52.2 Å². The number of carbonyl (C=O) groups is 2. The number of rotatable bonds is 8. The van der Waals surface area contributed by atoms with Gasteiger partial charge >= 0.3 is 5.97 Å². The van der Waals surface area contributed by atoms with Crippen LogP contribution in [0, 0.1) is 5.41 Å². The Morgan fingerprint density at radius 1 is 1.11 bits per heavy atom. The molecule has 1 aromatic carbocycles. The van der Waals surface area contributed by atoms with E-state index in [0.717, 1.165) is 17.8 Å². The number of benzene rings is 1. The molecule has 0 saturated carbocycles. The maximum absolute atomic E-state index is 12.7. The molecule has 3 N–H and O–H groups in total. The van der Waals surface area contributed by atoms with Crippen LogP contribution in [0.4, 0.5) is 0 Å². The van der Waals surface area contributed by atoms with E-state index in [2.05, 4.69) is 65.1 Å². The fourth-order valence-corrected chi connectivity index (χ4v) is 5.56. The van der Waals surface area contributed by atoms with E-state index in [1.54, 1.807) is 18.3 Å². The first-order chi connectivity index (χ1) is 17.6. The van der Waals surface area contributed by atoms with Crippen molar-refractivity contribution in [2.45, 2.75) is 84.5 Å². The Morgan fingerprint density at radius 3 is 2.21 bits per heavy atom. The molecule has 1 fully saturated rings. The Balaban J connectivity index is 1.62. The smallest absolute Gasteiger partial charge is 0.309 e. The van der Waals surface area contributed by atoms with Crippen LogP contribution in [0.25, 0.3) is 10.6 Å². The zero-order valence-corrected chi connectivity index (χ0v) is 24.6. The molecule has 38 heavy (non-hydrogen) atoms. The molecule has 0 atom stereocenters. The van der Waals surface area contributed by atoms with E-state index >= 15 is 0 Å². The normalized spacial score (nSPS) is 15.4. The molecule has 1 aromatic heterocycles. The number of hydrogen-bond donors (Lipinski definition) is 3. The largest absolute Gasteiger partial charge is 0.481 e. The summed E-state index contributed by atoms with van der Waals surface area (Å²) in [7, 11) is 0. The molecule has 0 aliphatic carbocycles. The van der Waals surface area contributed by atoms with E-state index in [4.69, 9.17) is 15.5 Å². The van der Waals surface area contributed by atoms with E-state index in [1.807, 2.05) is 11.1 Å². The maximum Gasteiger partial charge on any atom is 0.309 e. The summed E-state index contributed by atoms with van der Waals surface area (Å²) in [5.41, 5.74) is 4.54. The predicted octanol–water partition coefficient (Wildman–Crippen LogP) is 6.10. The molecule has 3 rings (SSSR count). The van der Waals surface area contributed by atoms with Crippen LogP contribution in [0.5, 0.6) is 0 Å². The molecule has 8 heteroatoms. The lowest BCUT2D eigenvalue weighted by Gasteiger charge is -2.31. The summed E-state index contributed by atoms with van der Waals surface area (Å²) in [4.78, 5) is 31.4. The molecule has 206 valence electrons. The highest BCUT2D eigenvalue weighted by Crippen LogP contribution is 2.38. The Kier molecular flexibility index (Phi) is 9.18. The summed E-state index contributed by atoms with van der Waals surface area (Å²) in [5, 5.41) is 20.5. The second-order valence-electron chi connectivity index (χ2n) is 12.3. The van der Waals surface area contributed by atoms with Gasteiger partial charge in [-0.25, -0.2) is 4.98 Å². The van der Waals surface area contributed by atoms with E-state index in [0.29, 0.717) is 24.7 Å². The van der Waals surface area contributed by atoms with Crippen molar-refractivity contribution >= 4 is 28.9 Å². The highest BCUT2D eigenvalue weighted by molar-refractivity contribution is 7.15. The molecular formula is C30H42N4O3S. The van der Waals surface area contributed by atoms with Crippen molar-refractivity contribution in [2.75, 3.05) is 19.6 Å². The third-order valence-corrected chi connectivity index (χ3v) is 8.15. The number of carboxylic acids is 1. The first-order valence-corrected chi connectivity index (χ1v) is 14.1. The predicted molar refractivity (Wildman–Crippen MR) is 155 cm³/mol. The second-order valence-corrected chi connectivity index (χ2v) is 13.4. The topological polar surface area (TPSA) is 106 Å². The molecule has 0 unspecified atom stereocenters.